The van der Waals surface area contributed by atoms with Crippen molar-refractivity contribution in [3.05, 3.63) is 0 Å². The molecule has 98 valence electrons. The fraction of sp³-hybridized carbons (Fsp3) is 0.929. The van der Waals surface area contributed by atoms with E-state index in [1.165, 1.54) is 25.7 Å². The van der Waals surface area contributed by atoms with Gasteiger partial charge in [-0.2, -0.15) is 0 Å². The van der Waals surface area contributed by atoms with Gasteiger partial charge in [0.15, 0.2) is 0 Å². The first-order valence-electron chi connectivity index (χ1n) is 7.12. The van der Waals surface area contributed by atoms with Crippen LogP contribution in [-0.2, 0) is 4.79 Å². The molecular formula is C14H26N2O. The van der Waals surface area contributed by atoms with Gasteiger partial charge in [-0.25, -0.2) is 0 Å². The highest BCUT2D eigenvalue weighted by molar-refractivity contribution is 5.81. The minimum absolute atomic E-state index is 0.188. The molecule has 0 radical (unpaired) electrons. The van der Waals surface area contributed by atoms with Crippen LogP contribution in [0.15, 0.2) is 0 Å². The molecule has 1 saturated heterocycles. The molecule has 3 heteroatoms. The van der Waals surface area contributed by atoms with Crippen molar-refractivity contribution in [2.45, 2.75) is 52.0 Å². The van der Waals surface area contributed by atoms with Crippen LogP contribution in [-0.4, -0.2) is 29.9 Å². The van der Waals surface area contributed by atoms with Crippen molar-refractivity contribution in [1.29, 1.82) is 0 Å². The topological polar surface area (TPSA) is 46.3 Å². The number of nitrogens with zero attached hydrogens (tertiary/aromatic N) is 1. The molecule has 2 rings (SSSR count). The fourth-order valence-corrected chi connectivity index (χ4v) is 3.43. The maximum Gasteiger partial charge on any atom is 0.239 e. The molecule has 1 aliphatic carbocycles. The summed E-state index contributed by atoms with van der Waals surface area (Å²) in [5.41, 5.74) is 6.00. The van der Waals surface area contributed by atoms with E-state index in [2.05, 4.69) is 13.8 Å². The Morgan fingerprint density at radius 2 is 1.76 bits per heavy atom. The average molecular weight is 238 g/mol. The molecule has 1 aliphatic heterocycles. The van der Waals surface area contributed by atoms with Gasteiger partial charge in [-0.15, -0.1) is 0 Å². The van der Waals surface area contributed by atoms with E-state index in [-0.39, 0.29) is 11.9 Å². The Bertz CT molecular complexity index is 263. The molecule has 0 aromatic heterocycles. The first kappa shape index (κ1) is 12.9. The Hall–Kier alpha value is -0.570. The molecule has 3 atom stereocenters. The predicted octanol–water partition coefficient (Wildman–Crippen LogP) is 2.01. The number of hydrogen-bond donors (Lipinski definition) is 1. The van der Waals surface area contributed by atoms with Crippen LogP contribution in [0.25, 0.3) is 0 Å². The summed E-state index contributed by atoms with van der Waals surface area (Å²) < 4.78 is 0. The second-order valence-corrected chi connectivity index (χ2v) is 6.28. The summed E-state index contributed by atoms with van der Waals surface area (Å²) >= 11 is 0. The van der Waals surface area contributed by atoms with Gasteiger partial charge in [0.1, 0.15) is 0 Å². The number of hydrogen-bond acceptors (Lipinski definition) is 2. The first-order chi connectivity index (χ1) is 8.08. The Kier molecular flexibility index (Phi) is 4.08. The van der Waals surface area contributed by atoms with E-state index in [0.717, 1.165) is 31.3 Å². The summed E-state index contributed by atoms with van der Waals surface area (Å²) in [6.45, 7) is 6.18. The second-order valence-electron chi connectivity index (χ2n) is 6.28. The third kappa shape index (κ3) is 3.01. The standard InChI is InChI=1S/C14H26N2O/c1-10(2)7-13(15)14(17)16-8-11-5-3-4-6-12(11)9-16/h10-13H,3-9,15H2,1-2H3/t11?,12?,13-/m0/s1. The molecule has 0 bridgehead atoms. The number of carbonyl (C=O) groups is 1. The average Bonchev–Trinajstić information content (AvgIpc) is 2.70. The van der Waals surface area contributed by atoms with Crippen molar-refractivity contribution < 1.29 is 4.79 Å². The molecule has 2 N–H and O–H groups in total. The van der Waals surface area contributed by atoms with E-state index >= 15 is 0 Å². The largest absolute Gasteiger partial charge is 0.341 e. The van der Waals surface area contributed by atoms with Crippen LogP contribution in [0.2, 0.25) is 0 Å². The fourth-order valence-electron chi connectivity index (χ4n) is 3.43. The molecule has 0 aromatic carbocycles. The molecule has 0 aromatic rings. The number of rotatable bonds is 3. The predicted molar refractivity (Wildman–Crippen MR) is 69.5 cm³/mol. The molecule has 2 unspecified atom stereocenters. The van der Waals surface area contributed by atoms with Gasteiger partial charge < -0.3 is 10.6 Å². The highest BCUT2D eigenvalue weighted by Gasteiger charge is 2.37. The van der Waals surface area contributed by atoms with Crippen LogP contribution < -0.4 is 5.73 Å². The van der Waals surface area contributed by atoms with Crippen LogP contribution in [0.3, 0.4) is 0 Å². The molecule has 0 spiro atoms. The van der Waals surface area contributed by atoms with Gasteiger partial charge in [0.05, 0.1) is 6.04 Å². The van der Waals surface area contributed by atoms with Crippen LogP contribution in [0.5, 0.6) is 0 Å². The van der Waals surface area contributed by atoms with Gasteiger partial charge in [0.2, 0.25) is 5.91 Å². The van der Waals surface area contributed by atoms with Crippen molar-refractivity contribution in [3.63, 3.8) is 0 Å². The highest BCUT2D eigenvalue weighted by atomic mass is 16.2. The van der Waals surface area contributed by atoms with Gasteiger partial charge in [0.25, 0.3) is 0 Å². The maximum atomic E-state index is 12.2. The van der Waals surface area contributed by atoms with E-state index in [0.29, 0.717) is 5.92 Å². The van der Waals surface area contributed by atoms with Crippen LogP contribution in [0, 0.1) is 17.8 Å². The van der Waals surface area contributed by atoms with Crippen LogP contribution in [0.1, 0.15) is 46.0 Å². The summed E-state index contributed by atoms with van der Waals surface area (Å²) in [6, 6.07) is -0.282. The lowest BCUT2D eigenvalue weighted by atomic mass is 9.82. The number of nitrogens with two attached hydrogens (primary N) is 1. The lowest BCUT2D eigenvalue weighted by molar-refractivity contribution is -0.132. The van der Waals surface area contributed by atoms with E-state index < -0.39 is 0 Å². The molecule has 2 aliphatic rings. The molecule has 1 saturated carbocycles. The Labute approximate surface area is 105 Å². The van der Waals surface area contributed by atoms with Gasteiger partial charge in [-0.1, -0.05) is 26.7 Å². The Morgan fingerprint density at radius 1 is 1.24 bits per heavy atom. The van der Waals surface area contributed by atoms with Crippen LogP contribution >= 0.6 is 0 Å². The van der Waals surface area contributed by atoms with E-state index in [1.54, 1.807) is 0 Å². The maximum absolute atomic E-state index is 12.2. The molecule has 2 fully saturated rings. The van der Waals surface area contributed by atoms with E-state index in [9.17, 15) is 4.79 Å². The highest BCUT2D eigenvalue weighted by Crippen LogP contribution is 2.36. The van der Waals surface area contributed by atoms with Crippen molar-refractivity contribution in [2.24, 2.45) is 23.5 Å². The number of amides is 1. The smallest absolute Gasteiger partial charge is 0.239 e. The van der Waals surface area contributed by atoms with E-state index in [4.69, 9.17) is 5.73 Å². The lowest BCUT2D eigenvalue weighted by Crippen LogP contribution is -2.43. The summed E-state index contributed by atoms with van der Waals surface area (Å²) in [6.07, 6.45) is 6.13. The van der Waals surface area contributed by atoms with Crippen molar-refractivity contribution in [1.82, 2.24) is 4.90 Å². The van der Waals surface area contributed by atoms with E-state index in [1.807, 2.05) is 4.90 Å². The quantitative estimate of drug-likeness (QED) is 0.817. The van der Waals surface area contributed by atoms with Crippen molar-refractivity contribution in [2.75, 3.05) is 13.1 Å². The molecule has 3 nitrogen and oxygen atoms in total. The van der Waals surface area contributed by atoms with Gasteiger partial charge in [-0.3, -0.25) is 4.79 Å². The Balaban J connectivity index is 1.88. The first-order valence-corrected chi connectivity index (χ1v) is 7.12. The third-order valence-electron chi connectivity index (χ3n) is 4.33. The van der Waals surface area contributed by atoms with Crippen molar-refractivity contribution in [3.8, 4) is 0 Å². The van der Waals surface area contributed by atoms with Gasteiger partial charge >= 0.3 is 0 Å². The summed E-state index contributed by atoms with van der Waals surface area (Å²) in [4.78, 5) is 14.3. The molecule has 17 heavy (non-hydrogen) atoms. The minimum Gasteiger partial charge on any atom is -0.341 e. The van der Waals surface area contributed by atoms with Gasteiger partial charge in [0, 0.05) is 13.1 Å². The van der Waals surface area contributed by atoms with Crippen molar-refractivity contribution >= 4 is 5.91 Å². The Morgan fingerprint density at radius 3 is 2.24 bits per heavy atom. The normalized spacial score (nSPS) is 30.5. The summed E-state index contributed by atoms with van der Waals surface area (Å²) in [5, 5.41) is 0. The third-order valence-corrected chi connectivity index (χ3v) is 4.33. The zero-order chi connectivity index (χ0) is 12.4. The summed E-state index contributed by atoms with van der Waals surface area (Å²) in [5.74, 6) is 2.21. The lowest BCUT2D eigenvalue weighted by Gasteiger charge is -2.22. The zero-order valence-corrected chi connectivity index (χ0v) is 11.2. The second kappa shape index (κ2) is 5.38. The molecular weight excluding hydrogens is 212 g/mol. The summed E-state index contributed by atoms with van der Waals surface area (Å²) in [7, 11) is 0. The zero-order valence-electron chi connectivity index (χ0n) is 11.2. The molecule has 1 amide bonds. The SMILES string of the molecule is CC(C)C[C@H](N)C(=O)N1CC2CCCCC2C1. The monoisotopic (exact) mass is 238 g/mol. The molecule has 1 heterocycles. The number of carbonyl (C=O) groups excluding carboxylic acids is 1. The van der Waals surface area contributed by atoms with Gasteiger partial charge in [-0.05, 0) is 37.0 Å². The minimum atomic E-state index is -0.282. The van der Waals surface area contributed by atoms with Crippen LogP contribution in [0.4, 0.5) is 0 Å². The number of likely N-dealkylation sites (tertiary alicyclic amines) is 1. The number of fused-ring (bicyclic) bond motifs is 1.